The molecule has 7 nitrogen and oxygen atoms in total. The monoisotopic (exact) mass is 591 g/mol. The van der Waals surface area contributed by atoms with E-state index in [1.165, 1.54) is 28.8 Å². The Hall–Kier alpha value is -3.90. The molecule has 0 fully saturated rings. The zero-order valence-electron chi connectivity index (χ0n) is 21.1. The number of alkyl halides is 3. The molecule has 0 saturated carbocycles. The molecular weight excluding hydrogens is 570 g/mol. The van der Waals surface area contributed by atoms with Crippen molar-refractivity contribution in [2.24, 2.45) is 0 Å². The predicted octanol–water partition coefficient (Wildman–Crippen LogP) is 6.36. The molecule has 0 aliphatic heterocycles. The van der Waals surface area contributed by atoms with E-state index in [0.717, 1.165) is 41.1 Å². The minimum Gasteiger partial charge on any atom is -0.345 e. The van der Waals surface area contributed by atoms with E-state index in [0.29, 0.717) is 5.69 Å². The second-order valence-corrected chi connectivity index (χ2v) is 10.1. The fraction of sp³-hybridized carbons (Fsp3) is 0.185. The van der Waals surface area contributed by atoms with Crippen molar-refractivity contribution in [3.8, 4) is 5.69 Å². The number of carbonyl (C=O) groups is 2. The Morgan fingerprint density at radius 2 is 1.77 bits per heavy atom. The van der Waals surface area contributed by atoms with Gasteiger partial charge in [0.2, 0.25) is 5.91 Å². The summed E-state index contributed by atoms with van der Waals surface area (Å²) in [4.78, 5) is 25.3. The van der Waals surface area contributed by atoms with E-state index >= 15 is 0 Å². The Morgan fingerprint density at radius 1 is 1.02 bits per heavy atom. The largest absolute Gasteiger partial charge is 0.416 e. The summed E-state index contributed by atoms with van der Waals surface area (Å²) in [5, 5.41) is 13.4. The van der Waals surface area contributed by atoms with Crippen molar-refractivity contribution in [2.75, 3.05) is 11.1 Å². The van der Waals surface area contributed by atoms with Crippen molar-refractivity contribution < 1.29 is 27.2 Å². The number of carbonyl (C=O) groups excluding carboxylic acids is 2. The van der Waals surface area contributed by atoms with Gasteiger partial charge in [-0.1, -0.05) is 47.6 Å². The molecule has 0 atom stereocenters. The third-order valence-corrected chi connectivity index (χ3v) is 6.97. The summed E-state index contributed by atoms with van der Waals surface area (Å²) >= 11 is 6.91. The number of nitrogens with zero attached hydrogens (tertiary/aromatic N) is 3. The second kappa shape index (κ2) is 12.1. The maximum Gasteiger partial charge on any atom is 0.416 e. The molecule has 4 aromatic rings. The Kier molecular flexibility index (Phi) is 8.79. The number of rotatable bonds is 8. The Bertz CT molecular complexity index is 1550. The quantitative estimate of drug-likeness (QED) is 0.184. The number of hydrogen-bond acceptors (Lipinski definition) is 5. The number of thioether (sulfide) groups is 1. The van der Waals surface area contributed by atoms with Gasteiger partial charge in [0.05, 0.1) is 34.1 Å². The van der Waals surface area contributed by atoms with E-state index < -0.39 is 23.5 Å². The fourth-order valence-corrected chi connectivity index (χ4v) is 4.76. The smallest absolute Gasteiger partial charge is 0.345 e. The number of hydrogen-bond donors (Lipinski definition) is 2. The van der Waals surface area contributed by atoms with Gasteiger partial charge in [-0.2, -0.15) is 13.2 Å². The summed E-state index contributed by atoms with van der Waals surface area (Å²) < 4.78 is 55.8. The first-order chi connectivity index (χ1) is 18.9. The number of anilines is 1. The maximum atomic E-state index is 14.2. The first-order valence-electron chi connectivity index (χ1n) is 11.8. The van der Waals surface area contributed by atoms with Crippen molar-refractivity contribution in [1.82, 2.24) is 20.1 Å². The van der Waals surface area contributed by atoms with Crippen LogP contribution in [0.15, 0.2) is 65.8 Å². The summed E-state index contributed by atoms with van der Waals surface area (Å²) in [6, 6.07) is 13.8. The van der Waals surface area contributed by atoms with Gasteiger partial charge in [0, 0.05) is 5.69 Å². The molecule has 13 heteroatoms. The van der Waals surface area contributed by atoms with Crippen LogP contribution in [0.25, 0.3) is 5.69 Å². The van der Waals surface area contributed by atoms with Gasteiger partial charge < -0.3 is 10.6 Å². The first kappa shape index (κ1) is 29.1. The summed E-state index contributed by atoms with van der Waals surface area (Å²) in [6.45, 7) is 3.42. The summed E-state index contributed by atoms with van der Waals surface area (Å²) in [6.07, 6.45) is -4.61. The van der Waals surface area contributed by atoms with Crippen LogP contribution in [0.4, 0.5) is 23.2 Å². The molecule has 2 amide bonds. The van der Waals surface area contributed by atoms with E-state index in [9.17, 15) is 27.2 Å². The number of aromatic nitrogens is 3. The third kappa shape index (κ3) is 6.80. The van der Waals surface area contributed by atoms with Gasteiger partial charge in [0.15, 0.2) is 11.0 Å². The van der Waals surface area contributed by atoms with Crippen LogP contribution in [0, 0.1) is 19.7 Å². The van der Waals surface area contributed by atoms with Crippen LogP contribution in [0.5, 0.6) is 0 Å². The van der Waals surface area contributed by atoms with Gasteiger partial charge in [-0.3, -0.25) is 14.2 Å². The van der Waals surface area contributed by atoms with Crippen LogP contribution >= 0.6 is 23.4 Å². The molecule has 1 aromatic heterocycles. The lowest BCUT2D eigenvalue weighted by atomic mass is 10.1. The summed E-state index contributed by atoms with van der Waals surface area (Å²) in [5.41, 5.74) is 1.23. The highest BCUT2D eigenvalue weighted by atomic mass is 35.5. The number of halogens is 5. The van der Waals surface area contributed by atoms with Crippen molar-refractivity contribution in [1.29, 1.82) is 0 Å². The van der Waals surface area contributed by atoms with Gasteiger partial charge in [-0.05, 0) is 61.4 Å². The van der Waals surface area contributed by atoms with E-state index in [2.05, 4.69) is 20.8 Å². The van der Waals surface area contributed by atoms with Crippen LogP contribution in [-0.4, -0.2) is 32.3 Å². The summed E-state index contributed by atoms with van der Waals surface area (Å²) in [7, 11) is 0. The highest BCUT2D eigenvalue weighted by Crippen LogP contribution is 2.32. The van der Waals surface area contributed by atoms with Crippen molar-refractivity contribution in [3.63, 3.8) is 0 Å². The van der Waals surface area contributed by atoms with E-state index in [1.54, 1.807) is 0 Å². The van der Waals surface area contributed by atoms with Crippen molar-refractivity contribution in [3.05, 3.63) is 99.6 Å². The molecule has 3 aromatic carbocycles. The maximum absolute atomic E-state index is 14.2. The van der Waals surface area contributed by atoms with Gasteiger partial charge in [0.1, 0.15) is 5.82 Å². The van der Waals surface area contributed by atoms with Crippen LogP contribution in [-0.2, 0) is 17.5 Å². The summed E-state index contributed by atoms with van der Waals surface area (Å²) in [5.74, 6) is -2.11. The Labute approximate surface area is 235 Å². The lowest BCUT2D eigenvalue weighted by Crippen LogP contribution is -2.26. The van der Waals surface area contributed by atoms with E-state index in [4.69, 9.17) is 11.6 Å². The number of benzene rings is 3. The fourth-order valence-electron chi connectivity index (χ4n) is 3.74. The van der Waals surface area contributed by atoms with E-state index in [1.807, 2.05) is 32.0 Å². The zero-order valence-corrected chi connectivity index (χ0v) is 22.7. The van der Waals surface area contributed by atoms with E-state index in [-0.39, 0.29) is 45.5 Å². The molecular formula is C27H22ClF4N5O2S. The van der Waals surface area contributed by atoms with Gasteiger partial charge in [-0.15, -0.1) is 10.2 Å². The highest BCUT2D eigenvalue weighted by molar-refractivity contribution is 7.99. The SMILES string of the molecule is Cc1ccc(C)c(NC(=O)CSc2nnc(CNC(=O)c3c(F)cccc3Cl)n2-c2cccc(C(F)(F)F)c2)c1. The second-order valence-electron chi connectivity index (χ2n) is 8.72. The molecule has 2 N–H and O–H groups in total. The standard InChI is InChI=1S/C27H22ClF4N5O2S/c1-15-9-10-16(2)21(11-15)34-23(38)14-40-26-36-35-22(13-33-25(39)24-19(28)7-4-8-20(24)29)37(26)18-6-3-5-17(12-18)27(30,31)32/h3-12H,13-14H2,1-2H3,(H,33,39)(H,34,38). The average Bonchev–Trinajstić information content (AvgIpc) is 3.30. The molecule has 208 valence electrons. The van der Waals surface area contributed by atoms with Gasteiger partial charge in [-0.25, -0.2) is 4.39 Å². The number of amides is 2. The third-order valence-electron chi connectivity index (χ3n) is 5.73. The molecule has 0 bridgehead atoms. The molecule has 4 rings (SSSR count). The molecule has 0 unspecified atom stereocenters. The van der Waals surface area contributed by atoms with Gasteiger partial charge >= 0.3 is 6.18 Å². The van der Waals surface area contributed by atoms with Crippen LogP contribution in [0.1, 0.15) is 32.9 Å². The van der Waals surface area contributed by atoms with Gasteiger partial charge in [0.25, 0.3) is 5.91 Å². The molecule has 0 aliphatic carbocycles. The molecule has 0 saturated heterocycles. The normalized spacial score (nSPS) is 11.4. The molecule has 1 heterocycles. The number of aryl methyl sites for hydroxylation is 2. The number of nitrogens with one attached hydrogen (secondary N) is 2. The zero-order chi connectivity index (χ0) is 29.0. The first-order valence-corrected chi connectivity index (χ1v) is 13.1. The van der Waals surface area contributed by atoms with Crippen LogP contribution in [0.2, 0.25) is 5.02 Å². The molecule has 40 heavy (non-hydrogen) atoms. The minimum absolute atomic E-state index is 0.0533. The Morgan fingerprint density at radius 3 is 2.50 bits per heavy atom. The lowest BCUT2D eigenvalue weighted by Gasteiger charge is -2.14. The van der Waals surface area contributed by atoms with Crippen LogP contribution in [0.3, 0.4) is 0 Å². The average molecular weight is 592 g/mol. The minimum atomic E-state index is -4.61. The lowest BCUT2D eigenvalue weighted by molar-refractivity contribution is -0.137. The highest BCUT2D eigenvalue weighted by Gasteiger charge is 2.31. The molecule has 0 aliphatic rings. The topological polar surface area (TPSA) is 88.9 Å². The predicted molar refractivity (Wildman–Crippen MR) is 144 cm³/mol. The van der Waals surface area contributed by atoms with Crippen LogP contribution < -0.4 is 10.6 Å². The molecule has 0 radical (unpaired) electrons. The van der Waals surface area contributed by atoms with Crippen molar-refractivity contribution >= 4 is 40.9 Å². The molecule has 0 spiro atoms. The van der Waals surface area contributed by atoms with Crippen molar-refractivity contribution in [2.45, 2.75) is 31.7 Å². The Balaban J connectivity index is 1.60.